The summed E-state index contributed by atoms with van der Waals surface area (Å²) in [6, 6.07) is 8.05. The van der Waals surface area contributed by atoms with Crippen molar-refractivity contribution in [1.82, 2.24) is 19.9 Å². The van der Waals surface area contributed by atoms with Crippen molar-refractivity contribution in [2.24, 2.45) is 0 Å². The molecule has 5 heteroatoms. The maximum Gasteiger partial charge on any atom is 0.115 e. The molecule has 0 bridgehead atoms. The van der Waals surface area contributed by atoms with E-state index in [0.29, 0.717) is 5.92 Å². The zero-order chi connectivity index (χ0) is 16.8. The van der Waals surface area contributed by atoms with E-state index in [1.165, 1.54) is 47.5 Å². The third-order valence-electron chi connectivity index (χ3n) is 5.83. The Labute approximate surface area is 152 Å². The lowest BCUT2D eigenvalue weighted by molar-refractivity contribution is 0.103. The molecule has 1 aliphatic heterocycles. The number of fused-ring (bicyclic) bond motifs is 1. The van der Waals surface area contributed by atoms with Crippen molar-refractivity contribution in [2.75, 3.05) is 6.54 Å². The molecule has 2 aliphatic rings. The van der Waals surface area contributed by atoms with Crippen LogP contribution in [-0.2, 0) is 0 Å². The molecule has 1 saturated carbocycles. The molecule has 2 fully saturated rings. The Hall–Kier alpha value is -1.85. The van der Waals surface area contributed by atoms with E-state index in [2.05, 4.69) is 40.0 Å². The van der Waals surface area contributed by atoms with Crippen molar-refractivity contribution in [2.45, 2.75) is 50.6 Å². The Bertz CT molecular complexity index is 885. The van der Waals surface area contributed by atoms with Gasteiger partial charge in [-0.2, -0.15) is 0 Å². The summed E-state index contributed by atoms with van der Waals surface area (Å²) in [5.74, 6) is 0.652. The number of aromatic nitrogens is 3. The molecule has 25 heavy (non-hydrogen) atoms. The van der Waals surface area contributed by atoms with Crippen LogP contribution in [0.2, 0.25) is 0 Å². The zero-order valence-corrected chi connectivity index (χ0v) is 15.2. The van der Waals surface area contributed by atoms with Crippen LogP contribution in [0.15, 0.2) is 36.9 Å². The first-order valence-corrected chi connectivity index (χ1v) is 10.0. The fraction of sp³-hybridized carbons (Fsp3) is 0.450. The molecule has 128 valence electrons. The third-order valence-corrected chi connectivity index (χ3v) is 7.02. The second kappa shape index (κ2) is 6.15. The first-order chi connectivity index (χ1) is 12.3. The minimum Gasteiger partial charge on any atom is -0.298 e. The van der Waals surface area contributed by atoms with Gasteiger partial charge in [0.05, 0.1) is 15.2 Å². The first kappa shape index (κ1) is 15.4. The Morgan fingerprint density at radius 3 is 2.72 bits per heavy atom. The lowest BCUT2D eigenvalue weighted by atomic mass is 9.79. The highest BCUT2D eigenvalue weighted by atomic mass is 32.1. The maximum atomic E-state index is 4.92. The Balaban J connectivity index is 1.35. The van der Waals surface area contributed by atoms with Crippen LogP contribution >= 0.6 is 11.3 Å². The smallest absolute Gasteiger partial charge is 0.115 e. The van der Waals surface area contributed by atoms with Crippen molar-refractivity contribution in [3.8, 4) is 11.1 Å². The Kier molecular flexibility index (Phi) is 3.79. The van der Waals surface area contributed by atoms with Crippen LogP contribution in [0.5, 0.6) is 0 Å². The number of thiazole rings is 1. The van der Waals surface area contributed by atoms with E-state index in [4.69, 9.17) is 4.98 Å². The SMILES string of the molecule is C[C@H]1CCCN1C1CC(c2nc3ccc(-c4cncnc4)cc3s2)C1. The summed E-state index contributed by atoms with van der Waals surface area (Å²) in [4.78, 5) is 15.9. The topological polar surface area (TPSA) is 41.9 Å². The monoisotopic (exact) mass is 350 g/mol. The molecule has 3 heterocycles. The van der Waals surface area contributed by atoms with E-state index < -0.39 is 0 Å². The molecule has 1 atom stereocenters. The van der Waals surface area contributed by atoms with Crippen LogP contribution in [0.25, 0.3) is 21.3 Å². The summed E-state index contributed by atoms with van der Waals surface area (Å²) < 4.78 is 1.27. The lowest BCUT2D eigenvalue weighted by Gasteiger charge is -2.42. The van der Waals surface area contributed by atoms with E-state index in [9.17, 15) is 0 Å². The third kappa shape index (κ3) is 2.75. The summed E-state index contributed by atoms with van der Waals surface area (Å²) in [7, 11) is 0. The van der Waals surface area contributed by atoms with E-state index in [1.54, 1.807) is 6.33 Å². The Morgan fingerprint density at radius 1 is 1.12 bits per heavy atom. The summed E-state index contributed by atoms with van der Waals surface area (Å²) in [6.45, 7) is 3.67. The van der Waals surface area contributed by atoms with E-state index in [-0.39, 0.29) is 0 Å². The molecule has 3 aromatic rings. The van der Waals surface area contributed by atoms with Crippen LogP contribution in [0.3, 0.4) is 0 Å². The van der Waals surface area contributed by atoms with Gasteiger partial charge in [0, 0.05) is 36.0 Å². The number of rotatable bonds is 3. The minimum absolute atomic E-state index is 0.652. The lowest BCUT2D eigenvalue weighted by Crippen LogP contribution is -2.45. The summed E-state index contributed by atoms with van der Waals surface area (Å²) >= 11 is 1.86. The average molecular weight is 350 g/mol. The van der Waals surface area contributed by atoms with Crippen LogP contribution in [0.4, 0.5) is 0 Å². The van der Waals surface area contributed by atoms with E-state index >= 15 is 0 Å². The van der Waals surface area contributed by atoms with Crippen molar-refractivity contribution < 1.29 is 0 Å². The maximum absolute atomic E-state index is 4.92. The normalized spacial score (nSPS) is 26.8. The van der Waals surface area contributed by atoms with Gasteiger partial charge < -0.3 is 0 Å². The summed E-state index contributed by atoms with van der Waals surface area (Å²) in [5, 5.41) is 1.32. The molecule has 5 rings (SSSR count). The van der Waals surface area contributed by atoms with Crippen LogP contribution in [0, 0.1) is 0 Å². The van der Waals surface area contributed by atoms with Gasteiger partial charge >= 0.3 is 0 Å². The predicted molar refractivity (Wildman–Crippen MR) is 102 cm³/mol. The molecule has 1 saturated heterocycles. The van der Waals surface area contributed by atoms with Gasteiger partial charge in [0.25, 0.3) is 0 Å². The molecule has 4 nitrogen and oxygen atoms in total. The van der Waals surface area contributed by atoms with Gasteiger partial charge in [-0.25, -0.2) is 15.0 Å². The van der Waals surface area contributed by atoms with Crippen molar-refractivity contribution in [1.29, 1.82) is 0 Å². The zero-order valence-electron chi connectivity index (χ0n) is 14.4. The predicted octanol–water partition coefficient (Wildman–Crippen LogP) is 4.48. The van der Waals surface area contributed by atoms with Gasteiger partial charge in [0.1, 0.15) is 6.33 Å². The highest BCUT2D eigenvalue weighted by Crippen LogP contribution is 2.44. The van der Waals surface area contributed by atoms with E-state index in [0.717, 1.165) is 23.2 Å². The number of hydrogen-bond donors (Lipinski definition) is 0. The molecule has 0 amide bonds. The highest BCUT2D eigenvalue weighted by Gasteiger charge is 2.39. The molecular formula is C20H22N4S. The van der Waals surface area contributed by atoms with Crippen molar-refractivity contribution >= 4 is 21.6 Å². The molecule has 1 aliphatic carbocycles. The summed E-state index contributed by atoms with van der Waals surface area (Å²) in [5.41, 5.74) is 3.35. The minimum atomic E-state index is 0.652. The van der Waals surface area contributed by atoms with Crippen molar-refractivity contribution in [3.63, 3.8) is 0 Å². The first-order valence-electron chi connectivity index (χ1n) is 9.19. The van der Waals surface area contributed by atoms with Gasteiger partial charge in [-0.3, -0.25) is 4.90 Å². The van der Waals surface area contributed by atoms with Crippen LogP contribution < -0.4 is 0 Å². The number of benzene rings is 1. The quantitative estimate of drug-likeness (QED) is 0.698. The number of nitrogens with zero attached hydrogens (tertiary/aromatic N) is 4. The van der Waals surface area contributed by atoms with Gasteiger partial charge in [0.2, 0.25) is 0 Å². The highest BCUT2D eigenvalue weighted by molar-refractivity contribution is 7.18. The van der Waals surface area contributed by atoms with Gasteiger partial charge in [-0.15, -0.1) is 11.3 Å². The fourth-order valence-corrected chi connectivity index (χ4v) is 5.44. The molecule has 2 aromatic heterocycles. The van der Waals surface area contributed by atoms with Gasteiger partial charge in [-0.1, -0.05) is 6.07 Å². The number of hydrogen-bond acceptors (Lipinski definition) is 5. The standard InChI is InChI=1S/C20H22N4S/c1-13-3-2-6-24(13)17-7-15(8-17)20-23-18-5-4-14(9-19(18)25-20)16-10-21-12-22-11-16/h4-5,9-13,15,17H,2-3,6-8H2,1H3/t13-,15?,17?/m0/s1. The average Bonchev–Trinajstić information content (AvgIpc) is 3.20. The van der Waals surface area contributed by atoms with Crippen LogP contribution in [0.1, 0.15) is 43.5 Å². The molecule has 0 unspecified atom stereocenters. The van der Waals surface area contributed by atoms with Gasteiger partial charge in [0.15, 0.2) is 0 Å². The molecule has 0 radical (unpaired) electrons. The fourth-order valence-electron chi connectivity index (χ4n) is 4.30. The summed E-state index contributed by atoms with van der Waals surface area (Å²) in [6.07, 6.45) is 10.6. The van der Waals surface area contributed by atoms with Gasteiger partial charge in [-0.05, 0) is 56.8 Å². The molecule has 1 aromatic carbocycles. The molecule has 0 spiro atoms. The van der Waals surface area contributed by atoms with Crippen LogP contribution in [-0.4, -0.2) is 38.5 Å². The van der Waals surface area contributed by atoms with Crippen molar-refractivity contribution in [3.05, 3.63) is 41.9 Å². The molecule has 0 N–H and O–H groups in total. The largest absolute Gasteiger partial charge is 0.298 e. The Morgan fingerprint density at radius 2 is 1.96 bits per heavy atom. The second-order valence-corrected chi connectivity index (χ2v) is 8.48. The van der Waals surface area contributed by atoms with E-state index in [1.807, 2.05) is 23.7 Å². The number of likely N-dealkylation sites (tertiary alicyclic amines) is 1. The second-order valence-electron chi connectivity index (χ2n) is 7.41. The molecular weight excluding hydrogens is 328 g/mol.